The third-order valence-corrected chi connectivity index (χ3v) is 7.80. The molecule has 0 radical (unpaired) electrons. The minimum absolute atomic E-state index is 0.269. The molecule has 0 saturated carbocycles. The number of amides is 1. The van der Waals surface area contributed by atoms with Gasteiger partial charge in [0.15, 0.2) is 6.29 Å². The average Bonchev–Trinajstić information content (AvgIpc) is 2.95. The van der Waals surface area contributed by atoms with E-state index in [4.69, 9.17) is 9.47 Å². The van der Waals surface area contributed by atoms with Crippen LogP contribution >= 0.6 is 0 Å². The maximum atomic E-state index is 12.7. The summed E-state index contributed by atoms with van der Waals surface area (Å²) in [6, 6.07) is -0.978. The van der Waals surface area contributed by atoms with Crippen molar-refractivity contribution in [2.24, 2.45) is 0 Å². The molecule has 0 aromatic carbocycles. The highest BCUT2D eigenvalue weighted by Gasteiger charge is 2.44. The van der Waals surface area contributed by atoms with E-state index in [0.29, 0.717) is 6.42 Å². The molecule has 1 aliphatic heterocycles. The summed E-state index contributed by atoms with van der Waals surface area (Å²) in [4.78, 5) is 12.7. The average molecular weight is 578 g/mol. The van der Waals surface area contributed by atoms with Crippen molar-refractivity contribution >= 4 is 5.91 Å². The standard InChI is InChI=1S/C30H59NO9/c1-3-5-7-9-11-13-14-16-18-23(33)26(35)22(31-25(34)19-17-15-12-10-8-6-4-2)21-39-30-29(38)28(37)27(36)24(20-32)40-30/h22-24,26-30,32-33,35-38H,3-21H2,1-2H3,(H,31,34)/t22-,23+,24+,26-,27+,28?,29?,30+/m0/s1. The van der Waals surface area contributed by atoms with Gasteiger partial charge in [-0.3, -0.25) is 4.79 Å². The van der Waals surface area contributed by atoms with Gasteiger partial charge in [-0.15, -0.1) is 0 Å². The van der Waals surface area contributed by atoms with Gasteiger partial charge in [-0.2, -0.15) is 0 Å². The lowest BCUT2D eigenvalue weighted by atomic mass is 9.98. The lowest BCUT2D eigenvalue weighted by Gasteiger charge is -2.40. The second kappa shape index (κ2) is 22.7. The van der Waals surface area contributed by atoms with Crippen LogP contribution in [0.25, 0.3) is 0 Å². The van der Waals surface area contributed by atoms with E-state index in [1.807, 2.05) is 0 Å². The van der Waals surface area contributed by atoms with Gasteiger partial charge in [-0.25, -0.2) is 0 Å². The zero-order chi connectivity index (χ0) is 29.8. The predicted molar refractivity (Wildman–Crippen MR) is 154 cm³/mol. The van der Waals surface area contributed by atoms with Crippen LogP contribution in [0.1, 0.15) is 123 Å². The first-order valence-corrected chi connectivity index (χ1v) is 15.8. The highest BCUT2D eigenvalue weighted by molar-refractivity contribution is 5.76. The zero-order valence-corrected chi connectivity index (χ0v) is 25.0. The van der Waals surface area contributed by atoms with Gasteiger partial charge in [-0.05, 0) is 12.8 Å². The molecule has 7 N–H and O–H groups in total. The molecule has 2 unspecified atom stereocenters. The van der Waals surface area contributed by atoms with Crippen LogP contribution < -0.4 is 5.32 Å². The number of hydrogen-bond donors (Lipinski definition) is 7. The van der Waals surface area contributed by atoms with Gasteiger partial charge in [0.2, 0.25) is 5.91 Å². The summed E-state index contributed by atoms with van der Waals surface area (Å²) in [6.07, 6.45) is 7.34. The Morgan fingerprint density at radius 3 is 1.85 bits per heavy atom. The van der Waals surface area contributed by atoms with Gasteiger partial charge >= 0.3 is 0 Å². The van der Waals surface area contributed by atoms with E-state index in [-0.39, 0.29) is 18.9 Å². The number of ether oxygens (including phenoxy) is 2. The highest BCUT2D eigenvalue weighted by Crippen LogP contribution is 2.23. The van der Waals surface area contributed by atoms with Crippen LogP contribution in [-0.4, -0.2) is 98.7 Å². The molecule has 8 atom stereocenters. The summed E-state index contributed by atoms with van der Waals surface area (Å²) in [5.41, 5.74) is 0. The second-order valence-corrected chi connectivity index (χ2v) is 11.4. The summed E-state index contributed by atoms with van der Waals surface area (Å²) in [5.74, 6) is -0.269. The van der Waals surface area contributed by atoms with E-state index in [1.165, 1.54) is 44.9 Å². The van der Waals surface area contributed by atoms with Gasteiger partial charge in [0.05, 0.1) is 25.4 Å². The van der Waals surface area contributed by atoms with Gasteiger partial charge in [0.25, 0.3) is 0 Å². The second-order valence-electron chi connectivity index (χ2n) is 11.4. The summed E-state index contributed by atoms with van der Waals surface area (Å²) in [6.45, 7) is 3.46. The van der Waals surface area contributed by atoms with E-state index in [0.717, 1.165) is 51.4 Å². The van der Waals surface area contributed by atoms with Gasteiger partial charge in [-0.1, -0.05) is 104 Å². The van der Waals surface area contributed by atoms with Crippen molar-refractivity contribution in [1.29, 1.82) is 0 Å². The fourth-order valence-electron chi connectivity index (χ4n) is 5.08. The monoisotopic (exact) mass is 577 g/mol. The Labute approximate surface area is 241 Å². The first-order chi connectivity index (χ1) is 19.3. The minimum Gasteiger partial charge on any atom is -0.394 e. The first-order valence-electron chi connectivity index (χ1n) is 15.8. The largest absolute Gasteiger partial charge is 0.394 e. The summed E-state index contributed by atoms with van der Waals surface area (Å²) >= 11 is 0. The van der Waals surface area contributed by atoms with Crippen molar-refractivity contribution in [3.63, 3.8) is 0 Å². The van der Waals surface area contributed by atoms with Crippen molar-refractivity contribution < 1.29 is 44.9 Å². The molecule has 1 rings (SSSR count). The lowest BCUT2D eigenvalue weighted by Crippen LogP contribution is -2.60. The van der Waals surface area contributed by atoms with Crippen LogP contribution in [0, 0.1) is 0 Å². The number of aliphatic hydroxyl groups excluding tert-OH is 6. The molecule has 10 heteroatoms. The minimum atomic E-state index is -1.60. The smallest absolute Gasteiger partial charge is 0.220 e. The van der Waals surface area contributed by atoms with Gasteiger partial charge < -0.3 is 45.4 Å². The number of aliphatic hydroxyl groups is 6. The summed E-state index contributed by atoms with van der Waals surface area (Å²) < 4.78 is 11.0. The van der Waals surface area contributed by atoms with E-state index in [2.05, 4.69) is 19.2 Å². The van der Waals surface area contributed by atoms with Crippen LogP contribution in [0.4, 0.5) is 0 Å². The number of carbonyl (C=O) groups is 1. The quantitative estimate of drug-likeness (QED) is 0.0853. The molecule has 40 heavy (non-hydrogen) atoms. The molecule has 238 valence electrons. The Kier molecular flexibility index (Phi) is 21.1. The van der Waals surface area contributed by atoms with Crippen LogP contribution in [0.2, 0.25) is 0 Å². The van der Waals surface area contributed by atoms with Crippen molar-refractivity contribution in [1.82, 2.24) is 5.32 Å². The number of carbonyl (C=O) groups excluding carboxylic acids is 1. The predicted octanol–water partition coefficient (Wildman–Crippen LogP) is 2.68. The fourth-order valence-corrected chi connectivity index (χ4v) is 5.08. The molecule has 1 amide bonds. The fraction of sp³-hybridized carbons (Fsp3) is 0.967. The van der Waals surface area contributed by atoms with Gasteiger partial charge in [0, 0.05) is 6.42 Å². The van der Waals surface area contributed by atoms with E-state index < -0.39 is 55.6 Å². The SMILES string of the molecule is CCCCCCCCCC[C@@H](O)[C@@H](O)[C@H](CO[C@@H]1O[C@H](CO)[C@@H](O)C(O)C1O)NC(=O)CCCCCCCCC. The van der Waals surface area contributed by atoms with E-state index >= 15 is 0 Å². The third-order valence-electron chi connectivity index (χ3n) is 7.80. The van der Waals surface area contributed by atoms with Crippen LogP contribution in [0.3, 0.4) is 0 Å². The normalized spacial score (nSPS) is 25.4. The maximum Gasteiger partial charge on any atom is 0.220 e. The summed E-state index contributed by atoms with van der Waals surface area (Å²) in [7, 11) is 0. The van der Waals surface area contributed by atoms with Crippen LogP contribution in [-0.2, 0) is 14.3 Å². The molecule has 0 aromatic rings. The van der Waals surface area contributed by atoms with Crippen LogP contribution in [0.5, 0.6) is 0 Å². The summed E-state index contributed by atoms with van der Waals surface area (Å²) in [5, 5.41) is 64.1. The molecular weight excluding hydrogens is 518 g/mol. The molecule has 1 saturated heterocycles. The molecule has 0 bridgehead atoms. The number of unbranched alkanes of at least 4 members (excludes halogenated alkanes) is 13. The van der Waals surface area contributed by atoms with Crippen molar-refractivity contribution in [2.75, 3.05) is 13.2 Å². The Bertz CT molecular complexity index is 624. The number of rotatable bonds is 24. The van der Waals surface area contributed by atoms with E-state index in [9.17, 15) is 35.4 Å². The molecule has 0 spiro atoms. The number of nitrogens with one attached hydrogen (secondary N) is 1. The zero-order valence-electron chi connectivity index (χ0n) is 25.0. The van der Waals surface area contributed by atoms with Crippen molar-refractivity contribution in [2.45, 2.75) is 172 Å². The molecule has 0 aromatic heterocycles. The molecule has 1 heterocycles. The topological polar surface area (TPSA) is 169 Å². The Balaban J connectivity index is 2.63. The van der Waals surface area contributed by atoms with Crippen LogP contribution in [0.15, 0.2) is 0 Å². The molecule has 1 aliphatic rings. The van der Waals surface area contributed by atoms with E-state index in [1.54, 1.807) is 0 Å². The molecular formula is C30H59NO9. The highest BCUT2D eigenvalue weighted by atomic mass is 16.7. The Hall–Kier alpha value is -0.850. The Morgan fingerprint density at radius 2 is 1.30 bits per heavy atom. The third kappa shape index (κ3) is 14.9. The molecule has 10 nitrogen and oxygen atoms in total. The lowest BCUT2D eigenvalue weighted by molar-refractivity contribution is -0.303. The molecule has 0 aliphatic carbocycles. The maximum absolute atomic E-state index is 12.7. The van der Waals surface area contributed by atoms with Crippen molar-refractivity contribution in [3.05, 3.63) is 0 Å². The van der Waals surface area contributed by atoms with Gasteiger partial charge in [0.1, 0.15) is 30.5 Å². The molecule has 1 fully saturated rings. The first kappa shape index (κ1) is 37.2. The number of hydrogen-bond acceptors (Lipinski definition) is 9. The Morgan fingerprint density at radius 1 is 0.775 bits per heavy atom. The van der Waals surface area contributed by atoms with Crippen molar-refractivity contribution in [3.8, 4) is 0 Å².